The minimum Gasteiger partial charge on any atom is -0.338 e. The fourth-order valence-corrected chi connectivity index (χ4v) is 5.11. The maximum atomic E-state index is 12.8. The topological polar surface area (TPSA) is 99.2 Å². The molecule has 2 aromatic rings. The molecule has 6 heteroatoms. The second-order valence-corrected chi connectivity index (χ2v) is 9.48. The molecule has 1 saturated carbocycles. The van der Waals surface area contributed by atoms with Gasteiger partial charge in [-0.3, -0.25) is 9.59 Å². The van der Waals surface area contributed by atoms with Crippen molar-refractivity contribution in [3.05, 3.63) is 53.6 Å². The summed E-state index contributed by atoms with van der Waals surface area (Å²) in [4.78, 5) is 26.8. The molecule has 2 atom stereocenters. The lowest BCUT2D eigenvalue weighted by Gasteiger charge is -2.31. The number of nitrogens with two attached hydrogens (primary N) is 1. The molecule has 0 saturated heterocycles. The fraction of sp³-hybridized carbons (Fsp3) is 0.444. The standard InChI is InChI=1S/C27H32N4O2/c1-3-31-24-15-20(12-13-21(24)16-25(31)32)19-10-8-18(9-11-19)14-23(17-28)30-26(33)27(2,29)22-6-4-5-7-22/h8-13,15,22-23H,3-7,14,16,29H2,1-2H3,(H,30,33)/t23-,27+/m0/s1. The highest BCUT2D eigenvalue weighted by molar-refractivity contribution is 6.02. The number of carbonyl (C=O) groups is 2. The van der Waals surface area contributed by atoms with E-state index in [9.17, 15) is 14.9 Å². The van der Waals surface area contributed by atoms with Crippen LogP contribution in [0.15, 0.2) is 42.5 Å². The Kier molecular flexibility index (Phi) is 6.53. The molecule has 1 aliphatic carbocycles. The van der Waals surface area contributed by atoms with Gasteiger partial charge in [0.15, 0.2) is 0 Å². The van der Waals surface area contributed by atoms with Gasteiger partial charge in [0, 0.05) is 18.7 Å². The number of likely N-dealkylation sites (N-methyl/N-ethyl adjacent to an activating group) is 1. The summed E-state index contributed by atoms with van der Waals surface area (Å²) < 4.78 is 0. The first-order valence-corrected chi connectivity index (χ1v) is 11.9. The third kappa shape index (κ3) is 4.65. The number of fused-ring (bicyclic) bond motifs is 1. The first-order chi connectivity index (χ1) is 15.8. The molecule has 1 heterocycles. The van der Waals surface area contributed by atoms with Crippen molar-refractivity contribution in [2.45, 2.75) is 64.0 Å². The van der Waals surface area contributed by atoms with Gasteiger partial charge in [-0.25, -0.2) is 0 Å². The number of carbonyl (C=O) groups excluding carboxylic acids is 2. The zero-order valence-electron chi connectivity index (χ0n) is 19.4. The first-order valence-electron chi connectivity index (χ1n) is 11.9. The third-order valence-electron chi connectivity index (χ3n) is 7.22. The highest BCUT2D eigenvalue weighted by Crippen LogP contribution is 2.34. The average molecular weight is 445 g/mol. The molecule has 1 aliphatic heterocycles. The molecule has 2 aromatic carbocycles. The van der Waals surface area contributed by atoms with Crippen LogP contribution in [-0.2, 0) is 22.4 Å². The molecular formula is C27H32N4O2. The number of nitrogens with zero attached hydrogens (tertiary/aromatic N) is 2. The maximum Gasteiger partial charge on any atom is 0.241 e. The Balaban J connectivity index is 1.43. The minimum absolute atomic E-state index is 0.145. The molecule has 0 unspecified atom stereocenters. The Morgan fingerprint density at radius 3 is 2.52 bits per heavy atom. The van der Waals surface area contributed by atoms with Crippen molar-refractivity contribution in [3.63, 3.8) is 0 Å². The predicted octanol–water partition coefficient (Wildman–Crippen LogP) is 3.72. The number of nitrogens with one attached hydrogen (secondary N) is 1. The lowest BCUT2D eigenvalue weighted by atomic mass is 9.84. The molecule has 0 aromatic heterocycles. The summed E-state index contributed by atoms with van der Waals surface area (Å²) in [7, 11) is 0. The van der Waals surface area contributed by atoms with Gasteiger partial charge in [0.25, 0.3) is 0 Å². The Morgan fingerprint density at radius 2 is 1.88 bits per heavy atom. The van der Waals surface area contributed by atoms with Gasteiger partial charge in [0.2, 0.25) is 11.8 Å². The van der Waals surface area contributed by atoms with E-state index in [0.717, 1.165) is 53.6 Å². The molecule has 0 radical (unpaired) electrons. The van der Waals surface area contributed by atoms with Gasteiger partial charge in [-0.05, 0) is 60.9 Å². The number of benzene rings is 2. The van der Waals surface area contributed by atoms with E-state index in [2.05, 4.69) is 17.5 Å². The van der Waals surface area contributed by atoms with Crippen LogP contribution in [0.4, 0.5) is 5.69 Å². The van der Waals surface area contributed by atoms with E-state index in [-0.39, 0.29) is 17.7 Å². The highest BCUT2D eigenvalue weighted by atomic mass is 16.2. The zero-order valence-corrected chi connectivity index (χ0v) is 19.4. The van der Waals surface area contributed by atoms with Gasteiger partial charge in [-0.1, -0.05) is 49.2 Å². The molecular weight excluding hydrogens is 412 g/mol. The normalized spacial score (nSPS) is 18.5. The van der Waals surface area contributed by atoms with E-state index in [1.807, 2.05) is 48.2 Å². The lowest BCUT2D eigenvalue weighted by Crippen LogP contribution is -2.58. The van der Waals surface area contributed by atoms with Crippen LogP contribution >= 0.6 is 0 Å². The van der Waals surface area contributed by atoms with Crippen LogP contribution in [0.2, 0.25) is 0 Å². The SMILES string of the molecule is CCN1C(=O)Cc2ccc(-c3ccc(C[C@@H](C#N)NC(=O)[C@](C)(N)C4CCCC4)cc3)cc21. The minimum atomic E-state index is -0.948. The average Bonchev–Trinajstić information content (AvgIpc) is 3.46. The van der Waals surface area contributed by atoms with E-state index in [1.54, 1.807) is 6.92 Å². The number of anilines is 1. The lowest BCUT2D eigenvalue weighted by molar-refractivity contribution is -0.128. The Morgan fingerprint density at radius 1 is 1.21 bits per heavy atom. The van der Waals surface area contributed by atoms with Crippen LogP contribution in [0, 0.1) is 17.2 Å². The summed E-state index contributed by atoms with van der Waals surface area (Å²) in [6, 6.07) is 15.7. The Hall–Kier alpha value is -3.17. The van der Waals surface area contributed by atoms with E-state index in [4.69, 9.17) is 5.73 Å². The number of hydrogen-bond donors (Lipinski definition) is 2. The zero-order chi connectivity index (χ0) is 23.6. The van der Waals surface area contributed by atoms with Crippen LogP contribution in [0.5, 0.6) is 0 Å². The summed E-state index contributed by atoms with van der Waals surface area (Å²) >= 11 is 0. The van der Waals surface area contributed by atoms with Crippen LogP contribution in [-0.4, -0.2) is 29.9 Å². The summed E-state index contributed by atoms with van der Waals surface area (Å²) in [5.41, 5.74) is 10.5. The first kappa shape index (κ1) is 23.0. The van der Waals surface area contributed by atoms with Gasteiger partial charge in [0.05, 0.1) is 18.0 Å². The molecule has 3 N–H and O–H groups in total. The van der Waals surface area contributed by atoms with E-state index >= 15 is 0 Å². The molecule has 4 rings (SSSR count). The van der Waals surface area contributed by atoms with Gasteiger partial charge >= 0.3 is 0 Å². The monoisotopic (exact) mass is 444 g/mol. The van der Waals surface area contributed by atoms with Gasteiger partial charge in [0.1, 0.15) is 6.04 Å². The number of nitriles is 1. The van der Waals surface area contributed by atoms with Crippen molar-refractivity contribution in [3.8, 4) is 17.2 Å². The molecule has 172 valence electrons. The van der Waals surface area contributed by atoms with Crippen molar-refractivity contribution in [2.24, 2.45) is 11.7 Å². The quantitative estimate of drug-likeness (QED) is 0.680. The molecule has 2 amide bonds. The summed E-state index contributed by atoms with van der Waals surface area (Å²) in [5, 5.41) is 12.5. The number of rotatable bonds is 7. The van der Waals surface area contributed by atoms with E-state index in [1.165, 1.54) is 0 Å². The molecule has 2 aliphatic rings. The van der Waals surface area contributed by atoms with E-state index in [0.29, 0.717) is 19.4 Å². The molecule has 0 bridgehead atoms. The molecule has 0 spiro atoms. The van der Waals surface area contributed by atoms with Crippen molar-refractivity contribution in [1.82, 2.24) is 5.32 Å². The van der Waals surface area contributed by atoms with Gasteiger partial charge in [-0.2, -0.15) is 5.26 Å². The fourth-order valence-electron chi connectivity index (χ4n) is 5.11. The van der Waals surface area contributed by atoms with Crippen LogP contribution in [0.25, 0.3) is 11.1 Å². The summed E-state index contributed by atoms with van der Waals surface area (Å²) in [5.74, 6) is 0.0687. The van der Waals surface area contributed by atoms with Crippen molar-refractivity contribution < 1.29 is 9.59 Å². The second kappa shape index (κ2) is 9.36. The van der Waals surface area contributed by atoms with Crippen LogP contribution in [0.3, 0.4) is 0 Å². The number of hydrogen-bond acceptors (Lipinski definition) is 4. The maximum absolute atomic E-state index is 12.8. The third-order valence-corrected chi connectivity index (χ3v) is 7.22. The molecule has 33 heavy (non-hydrogen) atoms. The summed E-state index contributed by atoms with van der Waals surface area (Å²) in [6.45, 7) is 4.43. The van der Waals surface area contributed by atoms with Crippen LogP contribution in [0.1, 0.15) is 50.7 Å². The van der Waals surface area contributed by atoms with Gasteiger partial charge < -0.3 is 16.0 Å². The van der Waals surface area contributed by atoms with Crippen molar-refractivity contribution in [1.29, 1.82) is 5.26 Å². The highest BCUT2D eigenvalue weighted by Gasteiger charge is 2.39. The molecule has 1 fully saturated rings. The van der Waals surface area contributed by atoms with Crippen molar-refractivity contribution >= 4 is 17.5 Å². The van der Waals surface area contributed by atoms with Gasteiger partial charge in [-0.15, -0.1) is 0 Å². The Labute approximate surface area is 195 Å². The number of amides is 2. The van der Waals surface area contributed by atoms with E-state index < -0.39 is 11.6 Å². The van der Waals surface area contributed by atoms with Crippen molar-refractivity contribution in [2.75, 3.05) is 11.4 Å². The molecule has 6 nitrogen and oxygen atoms in total. The Bertz CT molecular complexity index is 1080. The predicted molar refractivity (Wildman–Crippen MR) is 129 cm³/mol. The van der Waals surface area contributed by atoms with Crippen LogP contribution < -0.4 is 16.0 Å². The second-order valence-electron chi connectivity index (χ2n) is 9.48. The smallest absolute Gasteiger partial charge is 0.241 e. The largest absolute Gasteiger partial charge is 0.338 e. The summed E-state index contributed by atoms with van der Waals surface area (Å²) in [6.07, 6.45) is 5.03.